The third-order valence-corrected chi connectivity index (χ3v) is 4.59. The minimum atomic E-state index is -1.02. The minimum Gasteiger partial charge on any atom is -0.465 e. The standard InChI is InChI=1S/C21H24N2O5/c24-20(25)22-12-13-23(21(26)28-16-18-9-5-2-6-10-18)19(15-22)27-14-11-17-7-3-1-4-8-17/h1-10,19H,11-16H2,(H,24,25). The summed E-state index contributed by atoms with van der Waals surface area (Å²) in [6.07, 6.45) is -1.51. The van der Waals surface area contributed by atoms with E-state index >= 15 is 0 Å². The van der Waals surface area contributed by atoms with Gasteiger partial charge in [-0.3, -0.25) is 4.90 Å². The molecule has 1 fully saturated rings. The molecular formula is C21H24N2O5. The summed E-state index contributed by atoms with van der Waals surface area (Å²) < 4.78 is 11.3. The Kier molecular flexibility index (Phi) is 6.86. The summed E-state index contributed by atoms with van der Waals surface area (Å²) in [6, 6.07) is 19.3. The Morgan fingerprint density at radius 2 is 1.61 bits per heavy atom. The second kappa shape index (κ2) is 9.75. The summed E-state index contributed by atoms with van der Waals surface area (Å²) in [5.74, 6) is 0. The molecule has 1 aliphatic heterocycles. The molecule has 0 bridgehead atoms. The number of benzene rings is 2. The fraction of sp³-hybridized carbons (Fsp3) is 0.333. The van der Waals surface area contributed by atoms with Gasteiger partial charge in [-0.05, 0) is 17.5 Å². The molecular weight excluding hydrogens is 360 g/mol. The van der Waals surface area contributed by atoms with Crippen molar-refractivity contribution < 1.29 is 24.2 Å². The highest BCUT2D eigenvalue weighted by molar-refractivity contribution is 5.69. The van der Waals surface area contributed by atoms with Crippen molar-refractivity contribution in [1.82, 2.24) is 9.80 Å². The van der Waals surface area contributed by atoms with E-state index in [0.29, 0.717) is 13.0 Å². The highest BCUT2D eigenvalue weighted by atomic mass is 16.6. The van der Waals surface area contributed by atoms with E-state index in [4.69, 9.17) is 9.47 Å². The molecule has 7 nitrogen and oxygen atoms in total. The molecule has 1 atom stereocenters. The van der Waals surface area contributed by atoms with Crippen LogP contribution in [0.3, 0.4) is 0 Å². The molecule has 0 radical (unpaired) electrons. The molecule has 148 valence electrons. The van der Waals surface area contributed by atoms with Crippen LogP contribution in [0.2, 0.25) is 0 Å². The van der Waals surface area contributed by atoms with Gasteiger partial charge in [0.05, 0.1) is 13.2 Å². The summed E-state index contributed by atoms with van der Waals surface area (Å²) in [6.45, 7) is 1.11. The van der Waals surface area contributed by atoms with Crippen LogP contribution in [0.25, 0.3) is 0 Å². The van der Waals surface area contributed by atoms with Gasteiger partial charge in [0.15, 0.2) is 6.23 Å². The van der Waals surface area contributed by atoms with Crippen LogP contribution in [0.5, 0.6) is 0 Å². The Balaban J connectivity index is 1.58. The van der Waals surface area contributed by atoms with E-state index in [-0.39, 0.29) is 26.2 Å². The SMILES string of the molecule is O=C(O)N1CCN(C(=O)OCc2ccccc2)C(OCCc2ccccc2)C1. The molecule has 28 heavy (non-hydrogen) atoms. The third kappa shape index (κ3) is 5.47. The lowest BCUT2D eigenvalue weighted by Crippen LogP contribution is -2.57. The molecule has 2 amide bonds. The van der Waals surface area contributed by atoms with E-state index in [1.807, 2.05) is 60.7 Å². The molecule has 1 N–H and O–H groups in total. The normalized spacial score (nSPS) is 16.6. The highest BCUT2D eigenvalue weighted by Gasteiger charge is 2.34. The van der Waals surface area contributed by atoms with Gasteiger partial charge < -0.3 is 19.5 Å². The van der Waals surface area contributed by atoms with Crippen molar-refractivity contribution >= 4 is 12.2 Å². The number of rotatable bonds is 6. The van der Waals surface area contributed by atoms with Crippen LogP contribution < -0.4 is 0 Å². The molecule has 2 aromatic rings. The minimum absolute atomic E-state index is 0.102. The summed E-state index contributed by atoms with van der Waals surface area (Å²) in [5.41, 5.74) is 2.01. The second-order valence-corrected chi connectivity index (χ2v) is 6.52. The molecule has 1 heterocycles. The number of nitrogens with zero attached hydrogens (tertiary/aromatic N) is 2. The third-order valence-electron chi connectivity index (χ3n) is 4.59. The van der Waals surface area contributed by atoms with Crippen molar-refractivity contribution in [3.8, 4) is 0 Å². The first-order valence-corrected chi connectivity index (χ1v) is 9.24. The average molecular weight is 384 g/mol. The van der Waals surface area contributed by atoms with Crippen LogP contribution in [0.4, 0.5) is 9.59 Å². The molecule has 1 aliphatic rings. The molecule has 7 heteroatoms. The lowest BCUT2D eigenvalue weighted by Gasteiger charge is -2.39. The first-order chi connectivity index (χ1) is 13.6. The van der Waals surface area contributed by atoms with Gasteiger partial charge >= 0.3 is 12.2 Å². The Bertz CT molecular complexity index is 769. The molecule has 1 saturated heterocycles. The quantitative estimate of drug-likeness (QED) is 0.827. The fourth-order valence-corrected chi connectivity index (χ4v) is 3.04. The molecule has 2 aromatic carbocycles. The predicted molar refractivity (Wildman–Crippen MR) is 103 cm³/mol. The number of carboxylic acid groups (broad SMARTS) is 1. The van der Waals surface area contributed by atoms with Crippen LogP contribution in [-0.4, -0.2) is 59.6 Å². The van der Waals surface area contributed by atoms with E-state index in [2.05, 4.69) is 0 Å². The maximum Gasteiger partial charge on any atom is 0.412 e. The van der Waals surface area contributed by atoms with Gasteiger partial charge in [0.2, 0.25) is 0 Å². The first kappa shape index (κ1) is 19.7. The average Bonchev–Trinajstić information content (AvgIpc) is 2.73. The number of piperazine rings is 1. The number of carbonyl (C=O) groups is 2. The molecule has 3 rings (SSSR count). The summed E-state index contributed by atoms with van der Waals surface area (Å²) in [7, 11) is 0. The van der Waals surface area contributed by atoms with Crippen LogP contribution in [0.15, 0.2) is 60.7 Å². The van der Waals surface area contributed by atoms with Gasteiger partial charge in [-0.15, -0.1) is 0 Å². The Morgan fingerprint density at radius 1 is 0.964 bits per heavy atom. The number of ether oxygens (including phenoxy) is 2. The van der Waals surface area contributed by atoms with Gasteiger partial charge in [0.1, 0.15) is 6.61 Å². The van der Waals surface area contributed by atoms with Gasteiger partial charge in [0, 0.05) is 13.1 Å². The lowest BCUT2D eigenvalue weighted by molar-refractivity contribution is -0.0868. The van der Waals surface area contributed by atoms with Crippen molar-refractivity contribution in [2.45, 2.75) is 19.3 Å². The maximum atomic E-state index is 12.5. The van der Waals surface area contributed by atoms with Crippen LogP contribution >= 0.6 is 0 Å². The van der Waals surface area contributed by atoms with Crippen LogP contribution in [0.1, 0.15) is 11.1 Å². The fourth-order valence-electron chi connectivity index (χ4n) is 3.04. The van der Waals surface area contributed by atoms with Gasteiger partial charge in [-0.1, -0.05) is 60.7 Å². The van der Waals surface area contributed by atoms with E-state index in [1.54, 1.807) is 0 Å². The van der Waals surface area contributed by atoms with E-state index in [0.717, 1.165) is 11.1 Å². The van der Waals surface area contributed by atoms with Crippen molar-refractivity contribution in [1.29, 1.82) is 0 Å². The Hall–Kier alpha value is -3.06. The summed E-state index contributed by atoms with van der Waals surface area (Å²) >= 11 is 0. The summed E-state index contributed by atoms with van der Waals surface area (Å²) in [4.78, 5) is 26.6. The molecule has 0 spiro atoms. The molecule has 0 aliphatic carbocycles. The van der Waals surface area contributed by atoms with Crippen molar-refractivity contribution in [2.75, 3.05) is 26.2 Å². The zero-order valence-corrected chi connectivity index (χ0v) is 15.6. The first-order valence-electron chi connectivity index (χ1n) is 9.24. The zero-order valence-electron chi connectivity index (χ0n) is 15.6. The Labute approximate surface area is 164 Å². The number of carbonyl (C=O) groups excluding carboxylic acids is 1. The van der Waals surface area contributed by atoms with Crippen molar-refractivity contribution in [3.05, 3.63) is 71.8 Å². The largest absolute Gasteiger partial charge is 0.465 e. The molecule has 0 aromatic heterocycles. The molecule has 0 saturated carbocycles. The van der Waals surface area contributed by atoms with Crippen LogP contribution in [0, 0.1) is 0 Å². The van der Waals surface area contributed by atoms with Gasteiger partial charge in [0.25, 0.3) is 0 Å². The van der Waals surface area contributed by atoms with Crippen molar-refractivity contribution in [2.24, 2.45) is 0 Å². The number of hydrogen-bond donors (Lipinski definition) is 1. The monoisotopic (exact) mass is 384 g/mol. The highest BCUT2D eigenvalue weighted by Crippen LogP contribution is 2.15. The Morgan fingerprint density at radius 3 is 2.25 bits per heavy atom. The topological polar surface area (TPSA) is 79.3 Å². The van der Waals surface area contributed by atoms with Crippen molar-refractivity contribution in [3.63, 3.8) is 0 Å². The zero-order chi connectivity index (χ0) is 19.8. The van der Waals surface area contributed by atoms with Crippen LogP contribution in [-0.2, 0) is 22.5 Å². The maximum absolute atomic E-state index is 12.5. The van der Waals surface area contributed by atoms with Gasteiger partial charge in [-0.2, -0.15) is 0 Å². The second-order valence-electron chi connectivity index (χ2n) is 6.52. The number of hydrogen-bond acceptors (Lipinski definition) is 4. The summed E-state index contributed by atoms with van der Waals surface area (Å²) in [5, 5.41) is 9.27. The van der Waals surface area contributed by atoms with E-state index in [9.17, 15) is 14.7 Å². The van der Waals surface area contributed by atoms with Gasteiger partial charge in [-0.25, -0.2) is 9.59 Å². The van der Waals surface area contributed by atoms with E-state index < -0.39 is 18.4 Å². The van der Waals surface area contributed by atoms with E-state index in [1.165, 1.54) is 9.80 Å². The molecule has 1 unspecified atom stereocenters. The smallest absolute Gasteiger partial charge is 0.412 e. The number of amides is 2. The lowest BCUT2D eigenvalue weighted by atomic mass is 10.2. The predicted octanol–water partition coefficient (Wildman–Crippen LogP) is 3.20.